The van der Waals surface area contributed by atoms with E-state index in [1.54, 1.807) is 6.26 Å². The van der Waals surface area contributed by atoms with E-state index in [0.717, 1.165) is 38.4 Å². The standard InChI is InChI=1S/C25H25N5O2S/c31-23(29-15-13-28(14-16-29)18-20-8-3-1-4-9-20)19-33-25-27-26-24(22-12-7-17-32-22)30(25)21-10-5-2-6-11-21/h1-12,17H,13-16,18-19H2. The van der Waals surface area contributed by atoms with E-state index < -0.39 is 0 Å². The zero-order valence-electron chi connectivity index (χ0n) is 18.2. The summed E-state index contributed by atoms with van der Waals surface area (Å²) in [6.45, 7) is 4.18. The smallest absolute Gasteiger partial charge is 0.233 e. The Kier molecular flexibility index (Phi) is 6.55. The third-order valence-electron chi connectivity index (χ3n) is 5.69. The third-order valence-corrected chi connectivity index (χ3v) is 6.60. The topological polar surface area (TPSA) is 67.4 Å². The van der Waals surface area contributed by atoms with Gasteiger partial charge in [0.05, 0.1) is 12.0 Å². The molecule has 0 spiro atoms. The summed E-state index contributed by atoms with van der Waals surface area (Å²) in [4.78, 5) is 17.3. The summed E-state index contributed by atoms with van der Waals surface area (Å²) in [5.74, 6) is 1.71. The molecule has 2 aromatic carbocycles. The molecule has 2 aromatic heterocycles. The Morgan fingerprint density at radius 1 is 0.879 bits per heavy atom. The number of carbonyl (C=O) groups excluding carboxylic acids is 1. The highest BCUT2D eigenvalue weighted by Gasteiger charge is 2.23. The van der Waals surface area contributed by atoms with Crippen LogP contribution in [0, 0.1) is 0 Å². The molecule has 0 aliphatic carbocycles. The maximum Gasteiger partial charge on any atom is 0.233 e. The summed E-state index contributed by atoms with van der Waals surface area (Å²) in [6.07, 6.45) is 1.62. The summed E-state index contributed by atoms with van der Waals surface area (Å²) < 4.78 is 7.50. The van der Waals surface area contributed by atoms with Crippen LogP contribution < -0.4 is 0 Å². The first-order valence-electron chi connectivity index (χ1n) is 11.0. The van der Waals surface area contributed by atoms with E-state index in [-0.39, 0.29) is 5.91 Å². The first-order chi connectivity index (χ1) is 16.3. The van der Waals surface area contributed by atoms with Crippen molar-refractivity contribution < 1.29 is 9.21 Å². The van der Waals surface area contributed by atoms with Gasteiger partial charge in [-0.3, -0.25) is 14.3 Å². The molecule has 0 N–H and O–H groups in total. The van der Waals surface area contributed by atoms with Gasteiger partial charge >= 0.3 is 0 Å². The van der Waals surface area contributed by atoms with Gasteiger partial charge in [-0.15, -0.1) is 10.2 Å². The number of piperazine rings is 1. The fourth-order valence-electron chi connectivity index (χ4n) is 3.95. The van der Waals surface area contributed by atoms with Crippen LogP contribution >= 0.6 is 11.8 Å². The molecule has 0 bridgehead atoms. The third kappa shape index (κ3) is 5.02. The van der Waals surface area contributed by atoms with E-state index >= 15 is 0 Å². The molecule has 8 heteroatoms. The molecule has 0 saturated carbocycles. The van der Waals surface area contributed by atoms with E-state index in [2.05, 4.69) is 39.4 Å². The summed E-state index contributed by atoms with van der Waals surface area (Å²) in [6, 6.07) is 24.0. The molecule has 1 saturated heterocycles. The Labute approximate surface area is 197 Å². The van der Waals surface area contributed by atoms with Gasteiger partial charge < -0.3 is 9.32 Å². The van der Waals surface area contributed by atoms with Gasteiger partial charge in [-0.2, -0.15) is 0 Å². The SMILES string of the molecule is O=C(CSc1nnc(-c2ccco2)n1-c1ccccc1)N1CCN(Cc2ccccc2)CC1. The fraction of sp³-hybridized carbons (Fsp3) is 0.240. The predicted molar refractivity (Wildman–Crippen MR) is 128 cm³/mol. The Bertz CT molecular complexity index is 1170. The van der Waals surface area contributed by atoms with E-state index in [0.29, 0.717) is 22.5 Å². The minimum Gasteiger partial charge on any atom is -0.461 e. The first-order valence-corrected chi connectivity index (χ1v) is 12.0. The minimum atomic E-state index is 0.126. The zero-order chi connectivity index (χ0) is 22.5. The summed E-state index contributed by atoms with van der Waals surface area (Å²) >= 11 is 1.41. The second kappa shape index (κ2) is 10.1. The molecule has 3 heterocycles. The van der Waals surface area contributed by atoms with Crippen molar-refractivity contribution in [3.05, 3.63) is 84.6 Å². The second-order valence-electron chi connectivity index (χ2n) is 7.89. The van der Waals surface area contributed by atoms with E-state index in [9.17, 15) is 4.79 Å². The number of furan rings is 1. The van der Waals surface area contributed by atoms with Crippen LogP contribution in [0.4, 0.5) is 0 Å². The predicted octanol–water partition coefficient (Wildman–Crippen LogP) is 3.96. The lowest BCUT2D eigenvalue weighted by Crippen LogP contribution is -2.48. The summed E-state index contributed by atoms with van der Waals surface area (Å²) in [7, 11) is 0. The molecule has 0 unspecified atom stereocenters. The van der Waals surface area contributed by atoms with Crippen LogP contribution in [0.1, 0.15) is 5.56 Å². The van der Waals surface area contributed by atoms with Crippen molar-refractivity contribution in [1.29, 1.82) is 0 Å². The maximum atomic E-state index is 12.9. The van der Waals surface area contributed by atoms with Crippen molar-refractivity contribution >= 4 is 17.7 Å². The Hall–Kier alpha value is -3.36. The molecule has 1 aliphatic rings. The molecule has 1 fully saturated rings. The van der Waals surface area contributed by atoms with Crippen LogP contribution in [0.25, 0.3) is 17.3 Å². The van der Waals surface area contributed by atoms with Crippen LogP contribution in [-0.2, 0) is 11.3 Å². The highest BCUT2D eigenvalue weighted by atomic mass is 32.2. The maximum absolute atomic E-state index is 12.9. The Morgan fingerprint density at radius 2 is 1.61 bits per heavy atom. The molecule has 5 rings (SSSR count). The molecule has 1 aliphatic heterocycles. The average Bonchev–Trinajstić information content (AvgIpc) is 3.54. The first kappa shape index (κ1) is 21.5. The summed E-state index contributed by atoms with van der Waals surface area (Å²) in [5, 5.41) is 9.37. The number of hydrogen-bond acceptors (Lipinski definition) is 6. The lowest BCUT2D eigenvalue weighted by atomic mass is 10.2. The van der Waals surface area contributed by atoms with Gasteiger partial charge in [-0.05, 0) is 29.8 Å². The summed E-state index contributed by atoms with van der Waals surface area (Å²) in [5.41, 5.74) is 2.24. The number of para-hydroxylation sites is 1. The number of aromatic nitrogens is 3. The van der Waals surface area contributed by atoms with Crippen LogP contribution in [0.3, 0.4) is 0 Å². The number of carbonyl (C=O) groups is 1. The van der Waals surface area contributed by atoms with Gasteiger partial charge in [0.25, 0.3) is 0 Å². The Morgan fingerprint density at radius 3 is 2.30 bits per heavy atom. The molecule has 168 valence electrons. The largest absolute Gasteiger partial charge is 0.461 e. The van der Waals surface area contributed by atoms with E-state index in [1.165, 1.54) is 17.3 Å². The quantitative estimate of drug-likeness (QED) is 0.390. The van der Waals surface area contributed by atoms with Gasteiger partial charge in [0.15, 0.2) is 10.9 Å². The van der Waals surface area contributed by atoms with Crippen LogP contribution in [0.5, 0.6) is 0 Å². The van der Waals surface area contributed by atoms with E-state index in [1.807, 2.05) is 58.0 Å². The molecule has 7 nitrogen and oxygen atoms in total. The fourth-order valence-corrected chi connectivity index (χ4v) is 4.81. The van der Waals surface area contributed by atoms with Crippen molar-refractivity contribution in [2.75, 3.05) is 31.9 Å². The van der Waals surface area contributed by atoms with Gasteiger partial charge in [0.2, 0.25) is 11.7 Å². The second-order valence-corrected chi connectivity index (χ2v) is 8.83. The molecule has 0 radical (unpaired) electrons. The van der Waals surface area contributed by atoms with E-state index in [4.69, 9.17) is 4.42 Å². The number of nitrogens with zero attached hydrogens (tertiary/aromatic N) is 5. The minimum absolute atomic E-state index is 0.126. The molecular formula is C25H25N5O2S. The van der Waals surface area contributed by atoms with Gasteiger partial charge in [-0.25, -0.2) is 0 Å². The van der Waals surface area contributed by atoms with Gasteiger partial charge in [0.1, 0.15) is 0 Å². The monoisotopic (exact) mass is 459 g/mol. The number of rotatable bonds is 7. The number of thioether (sulfide) groups is 1. The lowest BCUT2D eigenvalue weighted by Gasteiger charge is -2.34. The highest BCUT2D eigenvalue weighted by Crippen LogP contribution is 2.28. The van der Waals surface area contributed by atoms with Crippen LogP contribution in [0.2, 0.25) is 0 Å². The highest BCUT2D eigenvalue weighted by molar-refractivity contribution is 7.99. The van der Waals surface area contributed by atoms with Gasteiger partial charge in [0, 0.05) is 38.4 Å². The van der Waals surface area contributed by atoms with Crippen molar-refractivity contribution in [3.8, 4) is 17.3 Å². The zero-order valence-corrected chi connectivity index (χ0v) is 19.0. The molecular weight excluding hydrogens is 434 g/mol. The van der Waals surface area contributed by atoms with Crippen molar-refractivity contribution in [2.24, 2.45) is 0 Å². The van der Waals surface area contributed by atoms with Crippen molar-refractivity contribution in [1.82, 2.24) is 24.6 Å². The van der Waals surface area contributed by atoms with Gasteiger partial charge in [-0.1, -0.05) is 60.3 Å². The van der Waals surface area contributed by atoms with Crippen molar-refractivity contribution in [3.63, 3.8) is 0 Å². The normalized spacial score (nSPS) is 14.5. The lowest BCUT2D eigenvalue weighted by molar-refractivity contribution is -0.130. The molecule has 4 aromatic rings. The van der Waals surface area contributed by atoms with Crippen molar-refractivity contribution in [2.45, 2.75) is 11.7 Å². The van der Waals surface area contributed by atoms with Crippen LogP contribution in [-0.4, -0.2) is 62.4 Å². The molecule has 33 heavy (non-hydrogen) atoms. The number of amides is 1. The Balaban J connectivity index is 1.22. The molecule has 0 atom stereocenters. The number of benzene rings is 2. The average molecular weight is 460 g/mol. The number of hydrogen-bond donors (Lipinski definition) is 0. The molecule has 1 amide bonds. The van der Waals surface area contributed by atoms with Crippen LogP contribution in [0.15, 0.2) is 88.6 Å².